The van der Waals surface area contributed by atoms with Crippen molar-refractivity contribution in [2.24, 2.45) is 0 Å². The van der Waals surface area contributed by atoms with Crippen molar-refractivity contribution >= 4 is 5.91 Å². The first kappa shape index (κ1) is 18.7. The molecular weight excluding hydrogens is 302 g/mol. The maximum absolute atomic E-state index is 12.0. The van der Waals surface area contributed by atoms with Gasteiger partial charge in [0.05, 0.1) is 13.0 Å². The number of hydrogen-bond acceptors (Lipinski definition) is 4. The SMILES string of the molecule is Cc1cccc(OCCC(=O)NC[C@H](C)N2CCN(C)CC2)c1C. The quantitative estimate of drug-likeness (QED) is 0.827. The zero-order chi connectivity index (χ0) is 17.5. The molecule has 1 aliphatic rings. The largest absolute Gasteiger partial charge is 0.493 e. The van der Waals surface area contributed by atoms with Gasteiger partial charge < -0.3 is 15.0 Å². The molecule has 0 aliphatic carbocycles. The van der Waals surface area contributed by atoms with Gasteiger partial charge in [-0.1, -0.05) is 12.1 Å². The molecule has 0 bridgehead atoms. The van der Waals surface area contributed by atoms with Crippen molar-refractivity contribution < 1.29 is 9.53 Å². The molecule has 1 atom stereocenters. The third kappa shape index (κ3) is 5.49. The van der Waals surface area contributed by atoms with Gasteiger partial charge >= 0.3 is 0 Å². The van der Waals surface area contributed by atoms with Crippen molar-refractivity contribution in [3.63, 3.8) is 0 Å². The van der Waals surface area contributed by atoms with Crippen LogP contribution in [0.15, 0.2) is 18.2 Å². The van der Waals surface area contributed by atoms with Gasteiger partial charge in [-0.2, -0.15) is 0 Å². The molecule has 0 radical (unpaired) electrons. The van der Waals surface area contributed by atoms with Crippen LogP contribution in [0, 0.1) is 13.8 Å². The van der Waals surface area contributed by atoms with E-state index in [-0.39, 0.29) is 5.91 Å². The summed E-state index contributed by atoms with van der Waals surface area (Å²) in [7, 11) is 2.15. The normalized spacial score (nSPS) is 17.5. The smallest absolute Gasteiger partial charge is 0.223 e. The molecule has 1 aliphatic heterocycles. The standard InChI is InChI=1S/C19H31N3O2/c1-15-6-5-7-18(17(15)3)24-13-8-19(23)20-14-16(2)22-11-9-21(4)10-12-22/h5-7,16H,8-14H2,1-4H3,(H,20,23)/t16-/m0/s1. The van der Waals surface area contributed by atoms with Gasteiger partial charge in [-0.3, -0.25) is 9.69 Å². The number of hydrogen-bond donors (Lipinski definition) is 1. The number of nitrogens with one attached hydrogen (secondary N) is 1. The molecule has 1 heterocycles. The Hall–Kier alpha value is -1.59. The molecule has 24 heavy (non-hydrogen) atoms. The van der Waals surface area contributed by atoms with Gasteiger partial charge in [0.25, 0.3) is 0 Å². The second kappa shape index (κ2) is 9.04. The highest BCUT2D eigenvalue weighted by Gasteiger charge is 2.19. The summed E-state index contributed by atoms with van der Waals surface area (Å²) in [4.78, 5) is 16.8. The Bertz CT molecular complexity index is 539. The molecule has 1 amide bonds. The molecular formula is C19H31N3O2. The molecule has 1 N–H and O–H groups in total. The van der Waals surface area contributed by atoms with E-state index in [0.29, 0.717) is 25.6 Å². The first-order valence-electron chi connectivity index (χ1n) is 8.85. The molecule has 0 spiro atoms. The van der Waals surface area contributed by atoms with Crippen molar-refractivity contribution in [3.05, 3.63) is 29.3 Å². The lowest BCUT2D eigenvalue weighted by Crippen LogP contribution is -2.51. The number of rotatable bonds is 7. The van der Waals surface area contributed by atoms with Crippen LogP contribution in [-0.4, -0.2) is 68.1 Å². The summed E-state index contributed by atoms with van der Waals surface area (Å²) in [5, 5.41) is 3.03. The van der Waals surface area contributed by atoms with E-state index in [1.54, 1.807) is 0 Å². The molecule has 5 heteroatoms. The van der Waals surface area contributed by atoms with E-state index in [2.05, 4.69) is 42.1 Å². The Morgan fingerprint density at radius 3 is 2.67 bits per heavy atom. The highest BCUT2D eigenvalue weighted by atomic mass is 16.5. The predicted molar refractivity (Wildman–Crippen MR) is 97.6 cm³/mol. The average Bonchev–Trinajstić information content (AvgIpc) is 2.57. The molecule has 0 aromatic heterocycles. The van der Waals surface area contributed by atoms with Crippen LogP contribution in [0.3, 0.4) is 0 Å². The van der Waals surface area contributed by atoms with Crippen molar-refractivity contribution in [3.8, 4) is 5.75 Å². The topological polar surface area (TPSA) is 44.8 Å². The van der Waals surface area contributed by atoms with E-state index in [4.69, 9.17) is 4.74 Å². The minimum absolute atomic E-state index is 0.0567. The maximum Gasteiger partial charge on any atom is 0.223 e. The number of ether oxygens (including phenoxy) is 1. The van der Waals surface area contributed by atoms with Crippen LogP contribution in [0.4, 0.5) is 0 Å². The van der Waals surface area contributed by atoms with E-state index < -0.39 is 0 Å². The molecule has 1 saturated heterocycles. The Labute approximate surface area is 146 Å². The number of likely N-dealkylation sites (N-methyl/N-ethyl adjacent to an activating group) is 1. The highest BCUT2D eigenvalue weighted by Crippen LogP contribution is 2.20. The molecule has 1 aromatic carbocycles. The number of aryl methyl sites for hydroxylation is 1. The molecule has 5 nitrogen and oxygen atoms in total. The van der Waals surface area contributed by atoms with Gasteiger partial charge in [-0.05, 0) is 45.0 Å². The Balaban J connectivity index is 1.65. The maximum atomic E-state index is 12.0. The Kier molecular flexibility index (Phi) is 7.06. The average molecular weight is 333 g/mol. The molecule has 2 rings (SSSR count). The summed E-state index contributed by atoms with van der Waals surface area (Å²) in [5.74, 6) is 0.926. The Morgan fingerprint density at radius 2 is 1.96 bits per heavy atom. The summed E-state index contributed by atoms with van der Waals surface area (Å²) in [6.07, 6.45) is 0.392. The van der Waals surface area contributed by atoms with Crippen LogP contribution in [-0.2, 0) is 4.79 Å². The number of piperazine rings is 1. The minimum Gasteiger partial charge on any atom is -0.493 e. The number of nitrogens with zero attached hydrogens (tertiary/aromatic N) is 2. The summed E-state index contributed by atoms with van der Waals surface area (Å²) >= 11 is 0. The second-order valence-corrected chi connectivity index (χ2v) is 6.79. The number of amides is 1. The fourth-order valence-electron chi connectivity index (χ4n) is 2.88. The molecule has 0 saturated carbocycles. The molecule has 134 valence electrons. The van der Waals surface area contributed by atoms with Crippen LogP contribution in [0.1, 0.15) is 24.5 Å². The van der Waals surface area contributed by atoms with Crippen LogP contribution in [0.5, 0.6) is 5.75 Å². The summed E-state index contributed by atoms with van der Waals surface area (Å²) in [5.41, 5.74) is 2.35. The summed E-state index contributed by atoms with van der Waals surface area (Å²) < 4.78 is 5.75. The van der Waals surface area contributed by atoms with Gasteiger partial charge in [0.1, 0.15) is 5.75 Å². The number of carbonyl (C=O) groups excluding carboxylic acids is 1. The van der Waals surface area contributed by atoms with Gasteiger partial charge in [0.15, 0.2) is 0 Å². The first-order valence-corrected chi connectivity index (χ1v) is 8.85. The van der Waals surface area contributed by atoms with Crippen LogP contribution >= 0.6 is 0 Å². The third-order valence-corrected chi connectivity index (χ3v) is 4.90. The zero-order valence-electron chi connectivity index (χ0n) is 15.5. The number of carbonyl (C=O) groups is 1. The van der Waals surface area contributed by atoms with Crippen LogP contribution in [0.25, 0.3) is 0 Å². The number of benzene rings is 1. The molecule has 0 unspecified atom stereocenters. The van der Waals surface area contributed by atoms with E-state index in [1.807, 2.05) is 19.1 Å². The molecule has 1 aromatic rings. The highest BCUT2D eigenvalue weighted by molar-refractivity contribution is 5.76. The van der Waals surface area contributed by atoms with E-state index in [0.717, 1.165) is 37.5 Å². The van der Waals surface area contributed by atoms with Gasteiger partial charge in [-0.15, -0.1) is 0 Å². The van der Waals surface area contributed by atoms with Gasteiger partial charge in [-0.25, -0.2) is 0 Å². The lowest BCUT2D eigenvalue weighted by atomic mass is 10.1. The first-order chi connectivity index (χ1) is 11.5. The lowest BCUT2D eigenvalue weighted by Gasteiger charge is -2.36. The summed E-state index contributed by atoms with van der Waals surface area (Å²) in [6, 6.07) is 6.38. The van der Waals surface area contributed by atoms with E-state index >= 15 is 0 Å². The van der Waals surface area contributed by atoms with Crippen molar-refractivity contribution in [2.75, 3.05) is 46.4 Å². The molecule has 1 fully saturated rings. The fraction of sp³-hybridized carbons (Fsp3) is 0.632. The van der Waals surface area contributed by atoms with E-state index in [9.17, 15) is 4.79 Å². The van der Waals surface area contributed by atoms with Crippen molar-refractivity contribution in [2.45, 2.75) is 33.2 Å². The monoisotopic (exact) mass is 333 g/mol. The third-order valence-electron chi connectivity index (χ3n) is 4.90. The van der Waals surface area contributed by atoms with Gasteiger partial charge in [0.2, 0.25) is 5.91 Å². The lowest BCUT2D eigenvalue weighted by molar-refractivity contribution is -0.121. The van der Waals surface area contributed by atoms with Crippen LogP contribution in [0.2, 0.25) is 0 Å². The zero-order valence-corrected chi connectivity index (χ0v) is 15.5. The summed E-state index contributed by atoms with van der Waals surface area (Å²) in [6.45, 7) is 11.7. The van der Waals surface area contributed by atoms with Gasteiger partial charge in [0, 0.05) is 38.8 Å². The second-order valence-electron chi connectivity index (χ2n) is 6.79. The predicted octanol–water partition coefficient (Wildman–Crippen LogP) is 1.82. The van der Waals surface area contributed by atoms with Crippen molar-refractivity contribution in [1.82, 2.24) is 15.1 Å². The van der Waals surface area contributed by atoms with E-state index in [1.165, 1.54) is 5.56 Å². The van der Waals surface area contributed by atoms with Crippen LogP contribution < -0.4 is 10.1 Å². The fourth-order valence-corrected chi connectivity index (χ4v) is 2.88. The Morgan fingerprint density at radius 1 is 1.25 bits per heavy atom. The van der Waals surface area contributed by atoms with Crippen molar-refractivity contribution in [1.29, 1.82) is 0 Å². The minimum atomic E-state index is 0.0567.